The number of halogens is 1. The Morgan fingerprint density at radius 2 is 2.13 bits per heavy atom. The molecule has 31 heavy (non-hydrogen) atoms. The van der Waals surface area contributed by atoms with Gasteiger partial charge in [0.15, 0.2) is 11.6 Å². The van der Waals surface area contributed by atoms with Gasteiger partial charge in [0.2, 0.25) is 5.43 Å². The van der Waals surface area contributed by atoms with Crippen LogP contribution in [0, 0.1) is 11.7 Å². The summed E-state index contributed by atoms with van der Waals surface area (Å²) in [7, 11) is 3.50. The fraction of sp³-hybridized carbons (Fsp3) is 0.545. The number of nitrogens with zero attached hydrogens (tertiary/aromatic N) is 2. The average Bonchev–Trinajstić information content (AvgIpc) is 3.36. The number of methoxy groups -OCH3 is 1. The van der Waals surface area contributed by atoms with Crippen LogP contribution in [-0.2, 0) is 0 Å². The highest BCUT2D eigenvalue weighted by Gasteiger charge is 2.35. The number of pyridine rings is 1. The highest BCUT2D eigenvalue weighted by atomic mass is 32.1. The summed E-state index contributed by atoms with van der Waals surface area (Å²) in [4.78, 5) is 28.1. The minimum absolute atomic E-state index is 0.111. The minimum Gasteiger partial charge on any atom is -0.492 e. The third-order valence-electron chi connectivity index (χ3n) is 6.83. The number of aromatic nitrogens is 2. The zero-order chi connectivity index (χ0) is 21.9. The Morgan fingerprint density at radius 1 is 1.35 bits per heavy atom. The molecular weight excluding hydrogens is 419 g/mol. The molecule has 2 fully saturated rings. The molecule has 2 N–H and O–H groups in total. The van der Waals surface area contributed by atoms with Crippen molar-refractivity contribution < 1.29 is 9.13 Å². The molecule has 5 rings (SSSR count). The molecule has 1 saturated heterocycles. The van der Waals surface area contributed by atoms with E-state index in [1.807, 2.05) is 16.5 Å². The van der Waals surface area contributed by atoms with Gasteiger partial charge in [-0.1, -0.05) is 6.92 Å². The Hall–Kier alpha value is -2.39. The Balaban J connectivity index is 1.76. The van der Waals surface area contributed by atoms with Gasteiger partial charge in [-0.2, -0.15) is 0 Å². The van der Waals surface area contributed by atoms with E-state index in [0.717, 1.165) is 50.3 Å². The lowest BCUT2D eigenvalue weighted by atomic mass is 9.97. The van der Waals surface area contributed by atoms with E-state index >= 15 is 4.39 Å². The molecule has 0 unspecified atom stereocenters. The summed E-state index contributed by atoms with van der Waals surface area (Å²) in [5.74, 6) is 0.325. The topological polar surface area (TPSA) is 79.4 Å². The van der Waals surface area contributed by atoms with Crippen molar-refractivity contribution in [2.75, 3.05) is 32.1 Å². The molecule has 2 aliphatic rings. The van der Waals surface area contributed by atoms with Crippen LogP contribution in [0.3, 0.4) is 0 Å². The van der Waals surface area contributed by atoms with Crippen LogP contribution < -0.4 is 25.9 Å². The van der Waals surface area contributed by atoms with E-state index in [1.165, 1.54) is 13.2 Å². The van der Waals surface area contributed by atoms with Crippen molar-refractivity contribution in [2.45, 2.75) is 44.7 Å². The molecule has 166 valence electrons. The van der Waals surface area contributed by atoms with Gasteiger partial charge in [0.25, 0.3) is 5.56 Å². The van der Waals surface area contributed by atoms with Crippen molar-refractivity contribution in [3.05, 3.63) is 32.5 Å². The van der Waals surface area contributed by atoms with Gasteiger partial charge in [0, 0.05) is 25.2 Å². The molecular formula is C22H27FN4O3S. The molecule has 0 amide bonds. The summed E-state index contributed by atoms with van der Waals surface area (Å²) in [6.07, 6.45) is 3.90. The second kappa shape index (κ2) is 7.63. The van der Waals surface area contributed by atoms with Crippen LogP contribution in [0.25, 0.3) is 21.1 Å². The number of anilines is 1. The first-order valence-electron chi connectivity index (χ1n) is 10.9. The van der Waals surface area contributed by atoms with Crippen molar-refractivity contribution in [1.29, 1.82) is 0 Å². The fourth-order valence-electron chi connectivity index (χ4n) is 5.18. The van der Waals surface area contributed by atoms with Gasteiger partial charge in [-0.05, 0) is 56.2 Å². The molecule has 2 atom stereocenters. The van der Waals surface area contributed by atoms with E-state index in [0.29, 0.717) is 33.7 Å². The number of aromatic amines is 1. The first-order chi connectivity index (χ1) is 15.0. The van der Waals surface area contributed by atoms with Crippen molar-refractivity contribution in [1.82, 2.24) is 14.3 Å². The Labute approximate surface area is 183 Å². The van der Waals surface area contributed by atoms with Gasteiger partial charge >= 0.3 is 0 Å². The molecule has 1 aliphatic heterocycles. The summed E-state index contributed by atoms with van der Waals surface area (Å²) in [6, 6.07) is 1.86. The molecule has 1 aliphatic carbocycles. The molecule has 0 spiro atoms. The Kier molecular flexibility index (Phi) is 5.05. The van der Waals surface area contributed by atoms with Crippen molar-refractivity contribution >= 4 is 38.3 Å². The van der Waals surface area contributed by atoms with Crippen LogP contribution in [-0.4, -0.2) is 42.2 Å². The van der Waals surface area contributed by atoms with E-state index in [1.54, 1.807) is 0 Å². The lowest BCUT2D eigenvalue weighted by Crippen LogP contribution is -2.35. The zero-order valence-corrected chi connectivity index (χ0v) is 18.8. The third kappa shape index (κ3) is 3.09. The fourth-order valence-corrected chi connectivity index (χ4v) is 6.10. The maximum Gasteiger partial charge on any atom is 0.271 e. The molecule has 0 bridgehead atoms. The smallest absolute Gasteiger partial charge is 0.271 e. The minimum atomic E-state index is -0.479. The number of hydrogen-bond donors (Lipinski definition) is 2. The van der Waals surface area contributed by atoms with E-state index in [2.05, 4.69) is 16.6 Å². The summed E-state index contributed by atoms with van der Waals surface area (Å²) >= 11 is 1.16. The number of H-pyrrole nitrogens is 1. The maximum atomic E-state index is 15.5. The first kappa shape index (κ1) is 20.5. The van der Waals surface area contributed by atoms with E-state index in [4.69, 9.17) is 4.74 Å². The number of hydrogen-bond acceptors (Lipinski definition) is 6. The summed E-state index contributed by atoms with van der Waals surface area (Å²) in [5.41, 5.74) is 0.163. The number of benzene rings is 1. The van der Waals surface area contributed by atoms with Crippen LogP contribution in [0.15, 0.2) is 15.7 Å². The standard InChI is InChI=1S/C22H27FN4O3S/c1-4-15(24-2)11-7-8-26(10-11)18-14(23)9-13-17(20(18)30-3)27(12-5-6-12)22-16(19(13)28)21(29)25-31-22/h9,11-12,15,24H,4-8,10H2,1-3H3,(H,25,29)/t11-,15+/m1/s1. The lowest BCUT2D eigenvalue weighted by molar-refractivity contribution is 0.389. The van der Waals surface area contributed by atoms with Crippen LogP contribution in [0.2, 0.25) is 0 Å². The Bertz CT molecular complexity index is 1270. The number of ether oxygens (including phenoxy) is 1. The van der Waals surface area contributed by atoms with Gasteiger partial charge in [0.1, 0.15) is 15.9 Å². The maximum absolute atomic E-state index is 15.5. The highest BCUT2D eigenvalue weighted by Crippen LogP contribution is 2.46. The highest BCUT2D eigenvalue weighted by molar-refractivity contribution is 7.12. The third-order valence-corrected chi connectivity index (χ3v) is 7.71. The largest absolute Gasteiger partial charge is 0.492 e. The van der Waals surface area contributed by atoms with Gasteiger partial charge in [0.05, 0.1) is 18.0 Å². The second-order valence-electron chi connectivity index (χ2n) is 8.58. The molecule has 2 aromatic heterocycles. The number of nitrogens with one attached hydrogen (secondary N) is 2. The van der Waals surface area contributed by atoms with Crippen LogP contribution in [0.5, 0.6) is 5.75 Å². The van der Waals surface area contributed by atoms with Crippen molar-refractivity contribution in [3.63, 3.8) is 0 Å². The predicted octanol–water partition coefficient (Wildman–Crippen LogP) is 3.21. The van der Waals surface area contributed by atoms with Gasteiger partial charge in [-0.3, -0.25) is 14.0 Å². The van der Waals surface area contributed by atoms with E-state index in [-0.39, 0.29) is 16.8 Å². The second-order valence-corrected chi connectivity index (χ2v) is 9.37. The monoisotopic (exact) mass is 446 g/mol. The molecule has 0 radical (unpaired) electrons. The lowest BCUT2D eigenvalue weighted by Gasteiger charge is -2.26. The SMILES string of the molecule is CC[C@H](NC)[C@@H]1CCN(c2c(F)cc3c(=O)c4c(=O)[nH]sc4n(C4CC4)c3c2OC)C1. The van der Waals surface area contributed by atoms with Crippen LogP contribution in [0.4, 0.5) is 10.1 Å². The quantitative estimate of drug-likeness (QED) is 0.608. The molecule has 9 heteroatoms. The Morgan fingerprint density at radius 3 is 2.77 bits per heavy atom. The molecule has 3 heterocycles. The number of rotatable bonds is 6. The normalized spacial score (nSPS) is 20.1. The van der Waals surface area contributed by atoms with Gasteiger partial charge < -0.3 is 19.5 Å². The van der Waals surface area contributed by atoms with Gasteiger partial charge in [-0.15, -0.1) is 0 Å². The zero-order valence-electron chi connectivity index (χ0n) is 18.0. The van der Waals surface area contributed by atoms with E-state index in [9.17, 15) is 9.59 Å². The van der Waals surface area contributed by atoms with E-state index < -0.39 is 16.8 Å². The van der Waals surface area contributed by atoms with Crippen molar-refractivity contribution in [2.24, 2.45) is 5.92 Å². The molecule has 1 saturated carbocycles. The van der Waals surface area contributed by atoms with Crippen molar-refractivity contribution in [3.8, 4) is 5.75 Å². The number of fused-ring (bicyclic) bond motifs is 2. The van der Waals surface area contributed by atoms with Crippen LogP contribution in [0.1, 0.15) is 38.6 Å². The summed E-state index contributed by atoms with van der Waals surface area (Å²) in [6.45, 7) is 3.61. The summed E-state index contributed by atoms with van der Waals surface area (Å²) < 4.78 is 26.0. The molecule has 1 aromatic carbocycles. The van der Waals surface area contributed by atoms with Gasteiger partial charge in [-0.25, -0.2) is 4.39 Å². The predicted molar refractivity (Wildman–Crippen MR) is 122 cm³/mol. The molecule has 3 aromatic rings. The first-order valence-corrected chi connectivity index (χ1v) is 11.7. The average molecular weight is 447 g/mol. The molecule has 7 nitrogen and oxygen atoms in total. The van der Waals surface area contributed by atoms with Crippen LogP contribution >= 0.6 is 11.5 Å². The summed E-state index contributed by atoms with van der Waals surface area (Å²) in [5, 5.41) is 3.69.